The first kappa shape index (κ1) is 19.7. The Kier molecular flexibility index (Phi) is 6.71. The van der Waals surface area contributed by atoms with Crippen LogP contribution in [0.1, 0.15) is 23.2 Å². The summed E-state index contributed by atoms with van der Waals surface area (Å²) in [5.41, 5.74) is 11.3. The zero-order valence-electron chi connectivity index (χ0n) is 14.8. The first-order valence-electron chi connectivity index (χ1n) is 8.13. The van der Waals surface area contributed by atoms with Gasteiger partial charge in [-0.25, -0.2) is 9.59 Å². The molecule has 1 aromatic carbocycles. The molecule has 0 spiro atoms. The van der Waals surface area contributed by atoms with Gasteiger partial charge in [0.15, 0.2) is 0 Å². The third-order valence-corrected chi connectivity index (χ3v) is 3.84. The standard InChI is InChI=1S/C16H16N2O.C4H4O4/c1-19-16-4-2-3-11-9-12(5-6-14(11)16)15-10-13(17)7-8-18-15;5-3(6)1-2-4(7)8/h2-4,7-10H,5-6H2,1H3,(H2,17,18);1-2H,(H,5,6)(H,7,8)/b;2-1+. The van der Waals surface area contributed by atoms with Gasteiger partial charge in [0.2, 0.25) is 0 Å². The van der Waals surface area contributed by atoms with Crippen LogP contribution in [-0.2, 0) is 16.0 Å². The Bertz CT molecular complexity index is 887. The third-order valence-electron chi connectivity index (χ3n) is 3.84. The first-order valence-corrected chi connectivity index (χ1v) is 8.13. The molecule has 27 heavy (non-hydrogen) atoms. The highest BCUT2D eigenvalue weighted by atomic mass is 16.5. The van der Waals surface area contributed by atoms with E-state index in [0.29, 0.717) is 12.2 Å². The van der Waals surface area contributed by atoms with Gasteiger partial charge in [0, 0.05) is 29.6 Å². The number of nitrogen functional groups attached to an aromatic ring is 1. The second-order valence-electron chi connectivity index (χ2n) is 5.68. The molecule has 0 aliphatic heterocycles. The number of hydrogen-bond donors (Lipinski definition) is 3. The number of carboxylic acids is 2. The van der Waals surface area contributed by atoms with Gasteiger partial charge in [-0.2, -0.15) is 0 Å². The van der Waals surface area contributed by atoms with Crippen molar-refractivity contribution in [3.63, 3.8) is 0 Å². The molecule has 1 aliphatic rings. The largest absolute Gasteiger partial charge is 0.496 e. The highest BCUT2D eigenvalue weighted by molar-refractivity contribution is 5.89. The summed E-state index contributed by atoms with van der Waals surface area (Å²) in [5, 5.41) is 15.6. The van der Waals surface area contributed by atoms with Gasteiger partial charge >= 0.3 is 11.9 Å². The smallest absolute Gasteiger partial charge is 0.328 e. The highest BCUT2D eigenvalue weighted by Gasteiger charge is 2.16. The summed E-state index contributed by atoms with van der Waals surface area (Å²) in [5.74, 6) is -1.55. The fourth-order valence-corrected chi connectivity index (χ4v) is 2.66. The highest BCUT2D eigenvalue weighted by Crippen LogP contribution is 2.34. The van der Waals surface area contributed by atoms with Crippen LogP contribution in [0.2, 0.25) is 0 Å². The Balaban J connectivity index is 0.000000279. The van der Waals surface area contributed by atoms with E-state index in [-0.39, 0.29) is 0 Å². The van der Waals surface area contributed by atoms with Crippen LogP contribution in [0.25, 0.3) is 11.6 Å². The molecule has 0 saturated carbocycles. The molecule has 0 atom stereocenters. The summed E-state index contributed by atoms with van der Waals surface area (Å²) in [6, 6.07) is 9.88. The Hall–Kier alpha value is -3.61. The summed E-state index contributed by atoms with van der Waals surface area (Å²) in [7, 11) is 1.72. The van der Waals surface area contributed by atoms with Crippen LogP contribution in [0, 0.1) is 0 Å². The van der Waals surface area contributed by atoms with Gasteiger partial charge in [-0.05, 0) is 48.3 Å². The van der Waals surface area contributed by atoms with Crippen molar-refractivity contribution >= 4 is 29.3 Å². The van der Waals surface area contributed by atoms with Crippen molar-refractivity contribution in [3.05, 3.63) is 65.5 Å². The molecule has 0 amide bonds. The minimum atomic E-state index is -1.26. The molecule has 0 radical (unpaired) electrons. The number of hydrogen-bond acceptors (Lipinski definition) is 5. The lowest BCUT2D eigenvalue weighted by Gasteiger charge is -2.18. The number of benzene rings is 1. The molecule has 1 aliphatic carbocycles. The number of nitrogens with zero attached hydrogens (tertiary/aromatic N) is 1. The minimum absolute atomic E-state index is 0.558. The topological polar surface area (TPSA) is 123 Å². The lowest BCUT2D eigenvalue weighted by molar-refractivity contribution is -0.134. The average molecular weight is 368 g/mol. The minimum Gasteiger partial charge on any atom is -0.496 e. The van der Waals surface area contributed by atoms with E-state index in [4.69, 9.17) is 20.7 Å². The van der Waals surface area contributed by atoms with Gasteiger partial charge in [0.25, 0.3) is 0 Å². The van der Waals surface area contributed by atoms with E-state index in [9.17, 15) is 9.59 Å². The second kappa shape index (κ2) is 9.19. The molecule has 0 bridgehead atoms. The van der Waals surface area contributed by atoms with Crippen molar-refractivity contribution < 1.29 is 24.5 Å². The van der Waals surface area contributed by atoms with E-state index in [1.54, 1.807) is 13.3 Å². The van der Waals surface area contributed by atoms with Crippen LogP contribution in [0.3, 0.4) is 0 Å². The molecule has 1 heterocycles. The second-order valence-corrected chi connectivity index (χ2v) is 5.68. The summed E-state index contributed by atoms with van der Waals surface area (Å²) in [4.78, 5) is 23.5. The molecule has 0 unspecified atom stereocenters. The number of anilines is 1. The summed E-state index contributed by atoms with van der Waals surface area (Å²) >= 11 is 0. The molecule has 4 N–H and O–H groups in total. The molecular formula is C20H20N2O5. The number of ether oxygens (including phenoxy) is 1. The van der Waals surface area contributed by atoms with Gasteiger partial charge in [0.05, 0.1) is 12.8 Å². The first-order chi connectivity index (χ1) is 12.9. The number of aliphatic carboxylic acids is 2. The molecule has 140 valence electrons. The number of allylic oxidation sites excluding steroid dienone is 1. The van der Waals surface area contributed by atoms with Gasteiger partial charge in [-0.3, -0.25) is 4.98 Å². The number of fused-ring (bicyclic) bond motifs is 1. The van der Waals surface area contributed by atoms with Crippen LogP contribution >= 0.6 is 0 Å². The molecule has 3 rings (SSSR count). The summed E-state index contributed by atoms with van der Waals surface area (Å²) < 4.78 is 5.41. The zero-order chi connectivity index (χ0) is 19.8. The number of carbonyl (C=O) groups is 2. The van der Waals surface area contributed by atoms with Gasteiger partial charge < -0.3 is 20.7 Å². The number of methoxy groups -OCH3 is 1. The normalized spacial score (nSPS) is 12.4. The van der Waals surface area contributed by atoms with Crippen molar-refractivity contribution in [1.82, 2.24) is 4.98 Å². The average Bonchev–Trinajstić information content (AvgIpc) is 2.66. The Labute approximate surface area is 156 Å². The molecular weight excluding hydrogens is 348 g/mol. The number of pyridine rings is 1. The Morgan fingerprint density at radius 2 is 1.85 bits per heavy atom. The number of nitrogens with two attached hydrogens (primary N) is 1. The Morgan fingerprint density at radius 1 is 1.15 bits per heavy atom. The maximum Gasteiger partial charge on any atom is 0.328 e. The van der Waals surface area contributed by atoms with Crippen molar-refractivity contribution in [1.29, 1.82) is 0 Å². The lowest BCUT2D eigenvalue weighted by atomic mass is 9.90. The van der Waals surface area contributed by atoms with E-state index in [1.807, 2.05) is 24.3 Å². The van der Waals surface area contributed by atoms with E-state index in [0.717, 1.165) is 30.0 Å². The number of rotatable bonds is 4. The van der Waals surface area contributed by atoms with Gasteiger partial charge in [0.1, 0.15) is 5.75 Å². The SMILES string of the molecule is COc1cccc2c1CCC(c1cc(N)ccn1)=C2.O=C(O)/C=C/C(=O)O. The van der Waals surface area contributed by atoms with Crippen LogP contribution < -0.4 is 10.5 Å². The van der Waals surface area contributed by atoms with Crippen molar-refractivity contribution in [3.8, 4) is 5.75 Å². The predicted octanol–water partition coefficient (Wildman–Crippen LogP) is 2.87. The maximum absolute atomic E-state index is 9.55. The zero-order valence-corrected chi connectivity index (χ0v) is 14.8. The molecule has 1 aromatic heterocycles. The van der Waals surface area contributed by atoms with Crippen molar-refractivity contribution in [2.75, 3.05) is 12.8 Å². The van der Waals surface area contributed by atoms with Gasteiger partial charge in [-0.1, -0.05) is 12.1 Å². The van der Waals surface area contributed by atoms with Crippen LogP contribution in [0.5, 0.6) is 5.75 Å². The summed E-state index contributed by atoms with van der Waals surface area (Å²) in [6.45, 7) is 0. The third kappa shape index (κ3) is 5.71. The monoisotopic (exact) mass is 368 g/mol. The fourth-order valence-electron chi connectivity index (χ4n) is 2.66. The molecule has 2 aromatic rings. The van der Waals surface area contributed by atoms with Crippen LogP contribution in [-0.4, -0.2) is 34.2 Å². The molecule has 0 saturated heterocycles. The number of aromatic nitrogens is 1. The van der Waals surface area contributed by atoms with Crippen LogP contribution in [0.4, 0.5) is 5.69 Å². The van der Waals surface area contributed by atoms with E-state index in [1.165, 1.54) is 16.7 Å². The predicted molar refractivity (Wildman–Crippen MR) is 102 cm³/mol. The van der Waals surface area contributed by atoms with Gasteiger partial charge in [-0.15, -0.1) is 0 Å². The molecule has 7 heteroatoms. The van der Waals surface area contributed by atoms with Crippen molar-refractivity contribution in [2.45, 2.75) is 12.8 Å². The molecule has 0 fully saturated rings. The lowest BCUT2D eigenvalue weighted by Crippen LogP contribution is -2.03. The van der Waals surface area contributed by atoms with Crippen LogP contribution in [0.15, 0.2) is 48.7 Å². The summed E-state index contributed by atoms with van der Waals surface area (Å²) in [6.07, 6.45) is 6.99. The van der Waals surface area contributed by atoms with Crippen molar-refractivity contribution in [2.24, 2.45) is 0 Å². The number of carboxylic acid groups (broad SMARTS) is 2. The Morgan fingerprint density at radius 3 is 2.44 bits per heavy atom. The van der Waals surface area contributed by atoms with E-state index in [2.05, 4.69) is 17.1 Å². The fraction of sp³-hybridized carbons (Fsp3) is 0.150. The van der Waals surface area contributed by atoms with E-state index < -0.39 is 11.9 Å². The maximum atomic E-state index is 9.55. The molecule has 7 nitrogen and oxygen atoms in total. The van der Waals surface area contributed by atoms with E-state index >= 15 is 0 Å². The quantitative estimate of drug-likeness (QED) is 0.709.